The zero-order valence-corrected chi connectivity index (χ0v) is 17.1. The van der Waals surface area contributed by atoms with E-state index < -0.39 is 5.97 Å². The molecule has 0 fully saturated rings. The molecule has 0 aliphatic heterocycles. The molecule has 0 amide bonds. The molecule has 3 aromatic rings. The first kappa shape index (κ1) is 18.9. The lowest BCUT2D eigenvalue weighted by Crippen LogP contribution is -2.29. The van der Waals surface area contributed by atoms with Crippen molar-refractivity contribution >= 4 is 27.5 Å². The van der Waals surface area contributed by atoms with Gasteiger partial charge in [-0.1, -0.05) is 37.3 Å². The van der Waals surface area contributed by atoms with Crippen molar-refractivity contribution in [3.8, 4) is 0 Å². The monoisotopic (exact) mass is 396 g/mol. The number of fused-ring (bicyclic) bond motifs is 3. The van der Waals surface area contributed by atoms with Crippen LogP contribution in [-0.4, -0.2) is 22.1 Å². The SMILES string of the molecule is Cc1nc2sc3c(c2c(=O)n1CC(=O)OCCc1ccccc1)CCC(C)C3. The Balaban J connectivity index is 1.52. The highest BCUT2D eigenvalue weighted by Gasteiger charge is 2.24. The first-order valence-electron chi connectivity index (χ1n) is 9.74. The fourth-order valence-electron chi connectivity index (χ4n) is 3.81. The van der Waals surface area contributed by atoms with Crippen LogP contribution in [0.5, 0.6) is 0 Å². The van der Waals surface area contributed by atoms with Crippen molar-refractivity contribution in [1.82, 2.24) is 9.55 Å². The summed E-state index contributed by atoms with van der Waals surface area (Å²) in [4.78, 5) is 32.1. The van der Waals surface area contributed by atoms with Gasteiger partial charge in [0, 0.05) is 11.3 Å². The molecule has 0 bridgehead atoms. The molecule has 4 rings (SSSR count). The number of carbonyl (C=O) groups is 1. The topological polar surface area (TPSA) is 61.2 Å². The molecule has 6 heteroatoms. The number of benzene rings is 1. The normalized spacial score (nSPS) is 16.1. The van der Waals surface area contributed by atoms with Gasteiger partial charge < -0.3 is 4.74 Å². The first-order valence-corrected chi connectivity index (χ1v) is 10.6. The molecule has 5 nitrogen and oxygen atoms in total. The second-order valence-electron chi connectivity index (χ2n) is 7.54. The summed E-state index contributed by atoms with van der Waals surface area (Å²) in [5, 5.41) is 0.703. The Morgan fingerprint density at radius 1 is 1.32 bits per heavy atom. The van der Waals surface area contributed by atoms with Crippen molar-refractivity contribution in [2.75, 3.05) is 6.61 Å². The van der Waals surface area contributed by atoms with Gasteiger partial charge in [-0.05, 0) is 43.2 Å². The maximum Gasteiger partial charge on any atom is 0.326 e. The van der Waals surface area contributed by atoms with Crippen LogP contribution in [0.1, 0.15) is 35.2 Å². The van der Waals surface area contributed by atoms with Crippen LogP contribution in [0.15, 0.2) is 35.1 Å². The summed E-state index contributed by atoms with van der Waals surface area (Å²) in [6, 6.07) is 9.88. The predicted octanol–water partition coefficient (Wildman–Crippen LogP) is 3.68. The molecule has 1 aromatic carbocycles. The number of esters is 1. The number of hydrogen-bond acceptors (Lipinski definition) is 5. The van der Waals surface area contributed by atoms with Gasteiger partial charge in [0.1, 0.15) is 17.2 Å². The standard InChI is InChI=1S/C22H24N2O3S/c1-14-8-9-17-18(12-14)28-21-20(17)22(26)24(15(2)23-21)13-19(25)27-11-10-16-6-4-3-5-7-16/h3-7,14H,8-13H2,1-2H3. The highest BCUT2D eigenvalue weighted by atomic mass is 32.1. The molecule has 0 N–H and O–H groups in total. The average molecular weight is 397 g/mol. The van der Waals surface area contributed by atoms with E-state index >= 15 is 0 Å². The lowest BCUT2D eigenvalue weighted by Gasteiger charge is -2.17. The van der Waals surface area contributed by atoms with Crippen molar-refractivity contribution in [2.45, 2.75) is 46.1 Å². The number of nitrogens with zero attached hydrogens (tertiary/aromatic N) is 2. The number of rotatable bonds is 5. The van der Waals surface area contributed by atoms with Gasteiger partial charge >= 0.3 is 5.97 Å². The number of aryl methyl sites for hydroxylation is 2. The molecule has 1 unspecified atom stereocenters. The van der Waals surface area contributed by atoms with Crippen LogP contribution < -0.4 is 5.56 Å². The van der Waals surface area contributed by atoms with Crippen LogP contribution in [0, 0.1) is 12.8 Å². The highest BCUT2D eigenvalue weighted by molar-refractivity contribution is 7.18. The van der Waals surface area contributed by atoms with Crippen molar-refractivity contribution in [2.24, 2.45) is 5.92 Å². The van der Waals surface area contributed by atoms with Gasteiger partial charge in [-0.15, -0.1) is 11.3 Å². The number of aromatic nitrogens is 2. The van der Waals surface area contributed by atoms with E-state index in [1.54, 1.807) is 18.3 Å². The quantitative estimate of drug-likeness (QED) is 0.617. The van der Waals surface area contributed by atoms with E-state index in [4.69, 9.17) is 4.74 Å². The lowest BCUT2D eigenvalue weighted by atomic mass is 9.89. The molecule has 28 heavy (non-hydrogen) atoms. The Kier molecular flexibility index (Phi) is 5.31. The molecule has 1 aliphatic rings. The second-order valence-corrected chi connectivity index (χ2v) is 8.62. The fourth-order valence-corrected chi connectivity index (χ4v) is 5.23. The third-order valence-electron chi connectivity index (χ3n) is 5.39. The number of thiophene rings is 1. The molecule has 2 heterocycles. The lowest BCUT2D eigenvalue weighted by molar-refractivity contribution is -0.144. The molecule has 0 spiro atoms. The third kappa shape index (κ3) is 3.74. The van der Waals surface area contributed by atoms with Gasteiger partial charge in [0.05, 0.1) is 12.0 Å². The van der Waals surface area contributed by atoms with Gasteiger partial charge in [-0.25, -0.2) is 4.98 Å². The Morgan fingerprint density at radius 2 is 2.11 bits per heavy atom. The van der Waals surface area contributed by atoms with Gasteiger partial charge in [0.25, 0.3) is 5.56 Å². The Bertz CT molecular complexity index is 1070. The molecule has 0 saturated carbocycles. The van der Waals surface area contributed by atoms with Crippen molar-refractivity contribution in [3.63, 3.8) is 0 Å². The number of ether oxygens (including phenoxy) is 1. The molecule has 0 saturated heterocycles. The van der Waals surface area contributed by atoms with E-state index in [9.17, 15) is 9.59 Å². The highest BCUT2D eigenvalue weighted by Crippen LogP contribution is 2.35. The van der Waals surface area contributed by atoms with Crippen LogP contribution in [-0.2, 0) is 35.3 Å². The minimum atomic E-state index is -0.403. The summed E-state index contributed by atoms with van der Waals surface area (Å²) in [6.07, 6.45) is 3.68. The Hall–Kier alpha value is -2.47. The van der Waals surface area contributed by atoms with Gasteiger partial charge in [0.2, 0.25) is 0 Å². The molecule has 2 aromatic heterocycles. The first-order chi connectivity index (χ1) is 13.5. The van der Waals surface area contributed by atoms with E-state index in [-0.39, 0.29) is 12.1 Å². The van der Waals surface area contributed by atoms with Crippen molar-refractivity contribution in [1.29, 1.82) is 0 Å². The fraction of sp³-hybridized carbons (Fsp3) is 0.409. The zero-order valence-electron chi connectivity index (χ0n) is 16.2. The summed E-state index contributed by atoms with van der Waals surface area (Å²) >= 11 is 1.63. The summed E-state index contributed by atoms with van der Waals surface area (Å²) in [6.45, 7) is 4.23. The van der Waals surface area contributed by atoms with Gasteiger partial charge in [0.15, 0.2) is 0 Å². The summed E-state index contributed by atoms with van der Waals surface area (Å²) in [7, 11) is 0. The maximum absolute atomic E-state index is 13.1. The third-order valence-corrected chi connectivity index (χ3v) is 6.54. The summed E-state index contributed by atoms with van der Waals surface area (Å²) in [5.74, 6) is 0.799. The van der Waals surface area contributed by atoms with Crippen LogP contribution >= 0.6 is 11.3 Å². The van der Waals surface area contributed by atoms with Gasteiger partial charge in [-0.3, -0.25) is 14.2 Å². The Labute approximate surface area is 168 Å². The van der Waals surface area contributed by atoms with Crippen molar-refractivity contribution in [3.05, 3.63) is 62.5 Å². The minimum absolute atomic E-state index is 0.0938. The molecule has 0 radical (unpaired) electrons. The molecular weight excluding hydrogens is 372 g/mol. The number of carbonyl (C=O) groups excluding carboxylic acids is 1. The Morgan fingerprint density at radius 3 is 2.89 bits per heavy atom. The van der Waals surface area contributed by atoms with E-state index in [1.807, 2.05) is 30.3 Å². The van der Waals surface area contributed by atoms with Crippen molar-refractivity contribution < 1.29 is 9.53 Å². The van der Waals surface area contributed by atoms with Crippen LogP contribution in [0.25, 0.3) is 10.2 Å². The van der Waals surface area contributed by atoms with Crippen LogP contribution in [0.2, 0.25) is 0 Å². The average Bonchev–Trinajstić information content (AvgIpc) is 3.03. The molecule has 1 aliphatic carbocycles. The molecular formula is C22H24N2O3S. The smallest absolute Gasteiger partial charge is 0.326 e. The van der Waals surface area contributed by atoms with E-state index in [1.165, 1.54) is 9.44 Å². The summed E-state index contributed by atoms with van der Waals surface area (Å²) < 4.78 is 6.81. The second kappa shape index (κ2) is 7.87. The molecule has 146 valence electrons. The van der Waals surface area contributed by atoms with Crippen LogP contribution in [0.3, 0.4) is 0 Å². The largest absolute Gasteiger partial charge is 0.464 e. The van der Waals surface area contributed by atoms with Gasteiger partial charge in [-0.2, -0.15) is 0 Å². The van der Waals surface area contributed by atoms with E-state index in [2.05, 4.69) is 11.9 Å². The van der Waals surface area contributed by atoms with E-state index in [0.717, 1.165) is 35.2 Å². The van der Waals surface area contributed by atoms with E-state index in [0.29, 0.717) is 30.2 Å². The molecule has 1 atom stereocenters. The minimum Gasteiger partial charge on any atom is -0.464 e. The zero-order chi connectivity index (χ0) is 19.7. The maximum atomic E-state index is 13.1. The van der Waals surface area contributed by atoms with Crippen LogP contribution in [0.4, 0.5) is 0 Å². The predicted molar refractivity (Wildman–Crippen MR) is 111 cm³/mol. The number of hydrogen-bond donors (Lipinski definition) is 0. The summed E-state index contributed by atoms with van der Waals surface area (Å²) in [5.41, 5.74) is 2.14.